The van der Waals surface area contributed by atoms with Crippen molar-refractivity contribution in [3.8, 4) is 17.2 Å². The Morgan fingerprint density at radius 2 is 2.00 bits per heavy atom. The average Bonchev–Trinajstić information content (AvgIpc) is 3.09. The van der Waals surface area contributed by atoms with Crippen molar-refractivity contribution in [3.63, 3.8) is 0 Å². The third-order valence-corrected chi connectivity index (χ3v) is 6.59. The summed E-state index contributed by atoms with van der Waals surface area (Å²) in [6.45, 7) is 2.52. The van der Waals surface area contributed by atoms with Crippen molar-refractivity contribution in [2.24, 2.45) is 11.8 Å². The minimum Gasteiger partial charge on any atom is -0.442 e. The van der Waals surface area contributed by atoms with Gasteiger partial charge in [-0.15, -0.1) is 0 Å². The zero-order chi connectivity index (χ0) is 23.3. The van der Waals surface area contributed by atoms with Gasteiger partial charge in [0.25, 0.3) is 0 Å². The van der Waals surface area contributed by atoms with Crippen molar-refractivity contribution >= 4 is 17.7 Å². The summed E-state index contributed by atoms with van der Waals surface area (Å²) < 4.78 is 40.4. The number of carbonyl (C=O) groups excluding carboxylic acids is 2. The number of hydrogen-bond donors (Lipinski definition) is 1. The molecule has 2 aliphatic heterocycles. The topological polar surface area (TPSA) is 105 Å². The number of nitrogens with one attached hydrogen (secondary N) is 1. The van der Waals surface area contributed by atoms with Gasteiger partial charge in [-0.1, -0.05) is 6.07 Å². The summed E-state index contributed by atoms with van der Waals surface area (Å²) in [7, 11) is 0. The Kier molecular flexibility index (Phi) is 5.01. The number of halogens is 2. The van der Waals surface area contributed by atoms with E-state index in [1.165, 1.54) is 13.1 Å². The molecule has 0 spiro atoms. The summed E-state index contributed by atoms with van der Waals surface area (Å²) in [5, 5.41) is 12.2. The SMILES string of the molecule is CC(=O)NC[C@H]1CN(c2cc(F)c(-c3ccc(C4(C#N)C5COCC54)nc3)c(F)c2)C(=O)O1. The number of rotatable bonds is 5. The number of pyridine rings is 1. The van der Waals surface area contributed by atoms with E-state index in [0.717, 1.165) is 17.0 Å². The van der Waals surface area contributed by atoms with E-state index >= 15 is 0 Å². The van der Waals surface area contributed by atoms with Gasteiger partial charge in [-0.05, 0) is 18.2 Å². The first kappa shape index (κ1) is 21.3. The average molecular weight is 454 g/mol. The van der Waals surface area contributed by atoms with Crippen molar-refractivity contribution in [2.75, 3.05) is 31.2 Å². The molecule has 5 rings (SSSR count). The lowest BCUT2D eigenvalue weighted by Gasteiger charge is -2.16. The summed E-state index contributed by atoms with van der Waals surface area (Å²) in [5.41, 5.74) is -0.146. The fraction of sp³-hybridized carbons (Fsp3) is 0.391. The Balaban J connectivity index is 1.37. The van der Waals surface area contributed by atoms with E-state index in [1.807, 2.05) is 0 Å². The molecule has 1 aromatic heterocycles. The maximum Gasteiger partial charge on any atom is 0.414 e. The Hall–Kier alpha value is -3.58. The molecule has 1 aliphatic carbocycles. The second kappa shape index (κ2) is 7.78. The fourth-order valence-electron chi connectivity index (χ4n) is 4.83. The highest BCUT2D eigenvalue weighted by Gasteiger charge is 2.70. The minimum absolute atomic E-state index is 0.0166. The van der Waals surface area contributed by atoms with E-state index in [0.29, 0.717) is 18.9 Å². The summed E-state index contributed by atoms with van der Waals surface area (Å²) >= 11 is 0. The standard InChI is InChI=1S/C23H20F2N4O4/c1-12(30)27-7-15-8-29(22(31)33-15)14-4-18(24)21(19(25)5-14)13-2-3-20(28-6-13)23(11-26)16-9-32-10-17(16)23/h2-6,15-17H,7-10H2,1H3,(H,27,30)/t15-,16?,17?,23?/m0/s1. The normalized spacial score (nSPS) is 27.6. The fourth-order valence-corrected chi connectivity index (χ4v) is 4.83. The lowest BCUT2D eigenvalue weighted by atomic mass is 9.96. The van der Waals surface area contributed by atoms with Gasteiger partial charge in [0.15, 0.2) is 0 Å². The highest BCUT2D eigenvalue weighted by atomic mass is 19.1. The van der Waals surface area contributed by atoms with Gasteiger partial charge in [0.05, 0.1) is 49.3 Å². The Morgan fingerprint density at radius 3 is 2.58 bits per heavy atom. The maximum atomic E-state index is 15.0. The van der Waals surface area contributed by atoms with E-state index in [4.69, 9.17) is 9.47 Å². The van der Waals surface area contributed by atoms with Gasteiger partial charge in [0.1, 0.15) is 23.2 Å². The molecule has 0 bridgehead atoms. The zero-order valence-electron chi connectivity index (χ0n) is 17.7. The third kappa shape index (κ3) is 3.40. The van der Waals surface area contributed by atoms with E-state index in [-0.39, 0.29) is 47.6 Å². The molecular weight excluding hydrogens is 434 g/mol. The molecule has 2 saturated heterocycles. The zero-order valence-corrected chi connectivity index (χ0v) is 17.7. The first-order valence-corrected chi connectivity index (χ1v) is 10.5. The third-order valence-electron chi connectivity index (χ3n) is 6.59. The van der Waals surface area contributed by atoms with E-state index < -0.39 is 29.2 Å². The Morgan fingerprint density at radius 1 is 1.30 bits per heavy atom. The Bertz CT molecular complexity index is 1150. The van der Waals surface area contributed by atoms with Crippen molar-refractivity contribution < 1.29 is 27.8 Å². The van der Waals surface area contributed by atoms with Crippen LogP contribution in [0.3, 0.4) is 0 Å². The number of hydrogen-bond acceptors (Lipinski definition) is 6. The molecular formula is C23H20F2N4O4. The summed E-state index contributed by atoms with van der Waals surface area (Å²) in [6.07, 6.45) is -0.00895. The number of nitrogens with zero attached hydrogens (tertiary/aromatic N) is 3. The van der Waals surface area contributed by atoms with Crippen LogP contribution in [0.1, 0.15) is 12.6 Å². The van der Waals surface area contributed by atoms with Crippen LogP contribution >= 0.6 is 0 Å². The van der Waals surface area contributed by atoms with Crippen LogP contribution in [-0.2, 0) is 19.7 Å². The molecule has 1 N–H and O–H groups in total. The molecule has 3 atom stereocenters. The van der Waals surface area contributed by atoms with Crippen LogP contribution < -0.4 is 10.2 Å². The number of amides is 2. The molecule has 1 aromatic carbocycles. The van der Waals surface area contributed by atoms with E-state index in [2.05, 4.69) is 16.4 Å². The Labute approximate surface area is 188 Å². The van der Waals surface area contributed by atoms with Crippen LogP contribution in [0.4, 0.5) is 19.3 Å². The summed E-state index contributed by atoms with van der Waals surface area (Å²) in [5.74, 6) is -1.79. The highest BCUT2D eigenvalue weighted by molar-refractivity contribution is 5.90. The predicted molar refractivity (Wildman–Crippen MR) is 111 cm³/mol. The number of benzene rings is 1. The molecule has 0 radical (unpaired) electrons. The number of nitriles is 1. The molecule has 3 heterocycles. The number of carbonyl (C=O) groups is 2. The van der Waals surface area contributed by atoms with Gasteiger partial charge in [-0.25, -0.2) is 13.6 Å². The second-order valence-electron chi connectivity index (χ2n) is 8.50. The van der Waals surface area contributed by atoms with Crippen LogP contribution in [0, 0.1) is 34.8 Å². The van der Waals surface area contributed by atoms with E-state index in [1.54, 1.807) is 12.1 Å². The monoisotopic (exact) mass is 454 g/mol. The van der Waals surface area contributed by atoms with Crippen molar-refractivity contribution in [3.05, 3.63) is 47.8 Å². The van der Waals surface area contributed by atoms with Crippen LogP contribution in [0.2, 0.25) is 0 Å². The van der Waals surface area contributed by atoms with Gasteiger partial charge < -0.3 is 14.8 Å². The molecule has 8 nitrogen and oxygen atoms in total. The highest BCUT2D eigenvalue weighted by Crippen LogP contribution is 2.62. The predicted octanol–water partition coefficient (Wildman–Crippen LogP) is 2.53. The van der Waals surface area contributed by atoms with Gasteiger partial charge in [-0.3, -0.25) is 14.7 Å². The molecule has 2 unspecified atom stereocenters. The lowest BCUT2D eigenvalue weighted by Crippen LogP contribution is -2.33. The molecule has 2 amide bonds. The molecule has 3 aliphatic rings. The molecule has 1 saturated carbocycles. The number of ether oxygens (including phenoxy) is 2. The van der Waals surface area contributed by atoms with Gasteiger partial charge in [0.2, 0.25) is 5.91 Å². The van der Waals surface area contributed by atoms with Crippen molar-refractivity contribution in [1.29, 1.82) is 5.26 Å². The van der Waals surface area contributed by atoms with E-state index in [9.17, 15) is 23.6 Å². The largest absolute Gasteiger partial charge is 0.442 e. The van der Waals surface area contributed by atoms with Gasteiger partial charge in [0, 0.05) is 30.5 Å². The van der Waals surface area contributed by atoms with Crippen LogP contribution in [0.15, 0.2) is 30.5 Å². The number of fused-ring (bicyclic) bond motifs is 1. The maximum absolute atomic E-state index is 15.0. The molecule has 170 valence electrons. The first-order chi connectivity index (χ1) is 15.8. The molecule has 33 heavy (non-hydrogen) atoms. The lowest BCUT2D eigenvalue weighted by molar-refractivity contribution is -0.119. The van der Waals surface area contributed by atoms with Crippen LogP contribution in [0.25, 0.3) is 11.1 Å². The van der Waals surface area contributed by atoms with Gasteiger partial charge >= 0.3 is 6.09 Å². The summed E-state index contributed by atoms with van der Waals surface area (Å²) in [6, 6.07) is 7.66. The second-order valence-corrected chi connectivity index (χ2v) is 8.50. The smallest absolute Gasteiger partial charge is 0.414 e. The number of cyclic esters (lactones) is 1. The van der Waals surface area contributed by atoms with Crippen molar-refractivity contribution in [2.45, 2.75) is 18.4 Å². The molecule has 10 heteroatoms. The van der Waals surface area contributed by atoms with Crippen molar-refractivity contribution in [1.82, 2.24) is 10.3 Å². The number of aromatic nitrogens is 1. The quantitative estimate of drug-likeness (QED) is 0.745. The van der Waals surface area contributed by atoms with Crippen LogP contribution in [-0.4, -0.2) is 49.4 Å². The minimum atomic E-state index is -0.857. The van der Waals surface area contributed by atoms with Crippen LogP contribution in [0.5, 0.6) is 0 Å². The number of anilines is 1. The molecule has 2 aromatic rings. The summed E-state index contributed by atoms with van der Waals surface area (Å²) in [4.78, 5) is 28.7. The molecule has 3 fully saturated rings. The first-order valence-electron chi connectivity index (χ1n) is 10.5. The van der Waals surface area contributed by atoms with Gasteiger partial charge in [-0.2, -0.15) is 5.26 Å².